The van der Waals surface area contributed by atoms with Crippen LogP contribution < -0.4 is 9.64 Å². The standard InChI is InChI=1S/C21H23FN6O4/c1-27(12-24)20(25)13-6-8-28(9-7-13)19-15(14-2-5-18(22)26-11-14)3-4-17(16(19)10-23)32-21(29,30)31/h2-5,11-13,24-25,29-31H,6-9H2,1H3. The van der Waals surface area contributed by atoms with Crippen molar-refractivity contribution in [2.45, 2.75) is 19.0 Å². The lowest BCUT2D eigenvalue weighted by Crippen LogP contribution is -2.41. The maximum atomic E-state index is 13.3. The maximum Gasteiger partial charge on any atom is 0.453 e. The summed E-state index contributed by atoms with van der Waals surface area (Å²) in [6.45, 7) is 0.919. The molecule has 0 bridgehead atoms. The van der Waals surface area contributed by atoms with Gasteiger partial charge in [-0.1, -0.05) is 0 Å². The van der Waals surface area contributed by atoms with E-state index >= 15 is 0 Å². The minimum absolute atomic E-state index is 0.0431. The Morgan fingerprint density at radius 1 is 1.31 bits per heavy atom. The van der Waals surface area contributed by atoms with Crippen LogP contribution in [0.1, 0.15) is 18.4 Å². The number of aromatic nitrogens is 1. The molecule has 1 saturated heterocycles. The van der Waals surface area contributed by atoms with Gasteiger partial charge >= 0.3 is 6.16 Å². The molecule has 0 atom stereocenters. The highest BCUT2D eigenvalue weighted by atomic mass is 19.1. The summed E-state index contributed by atoms with van der Waals surface area (Å²) >= 11 is 0. The highest BCUT2D eigenvalue weighted by molar-refractivity contribution is 5.91. The molecule has 168 valence electrons. The summed E-state index contributed by atoms with van der Waals surface area (Å²) in [6, 6.07) is 7.56. The van der Waals surface area contributed by atoms with E-state index in [2.05, 4.69) is 4.98 Å². The Labute approximate surface area is 183 Å². The number of hydrogen-bond acceptors (Lipinski definition) is 9. The van der Waals surface area contributed by atoms with E-state index in [1.165, 1.54) is 29.3 Å². The van der Waals surface area contributed by atoms with E-state index in [0.717, 1.165) is 6.34 Å². The second-order valence-electron chi connectivity index (χ2n) is 7.38. The van der Waals surface area contributed by atoms with Crippen molar-refractivity contribution in [3.8, 4) is 22.9 Å². The Morgan fingerprint density at radius 3 is 2.53 bits per heavy atom. The van der Waals surface area contributed by atoms with Crippen LogP contribution in [0.2, 0.25) is 0 Å². The normalized spacial score (nSPS) is 14.6. The minimum Gasteiger partial charge on any atom is -0.415 e. The van der Waals surface area contributed by atoms with Crippen LogP contribution in [-0.4, -0.2) is 63.7 Å². The third-order valence-corrected chi connectivity index (χ3v) is 5.31. The van der Waals surface area contributed by atoms with E-state index in [1.54, 1.807) is 13.1 Å². The smallest absolute Gasteiger partial charge is 0.415 e. The van der Waals surface area contributed by atoms with Crippen LogP contribution in [0.15, 0.2) is 30.5 Å². The van der Waals surface area contributed by atoms with Crippen molar-refractivity contribution in [2.75, 3.05) is 25.0 Å². The predicted octanol–water partition coefficient (Wildman–Crippen LogP) is 1.46. The van der Waals surface area contributed by atoms with Gasteiger partial charge in [-0.15, -0.1) is 0 Å². The van der Waals surface area contributed by atoms with Gasteiger partial charge in [-0.05, 0) is 37.1 Å². The lowest BCUT2D eigenvalue weighted by Gasteiger charge is -2.36. The summed E-state index contributed by atoms with van der Waals surface area (Å²) in [5.74, 6) is -0.646. The van der Waals surface area contributed by atoms with Crippen LogP contribution in [-0.2, 0) is 0 Å². The van der Waals surface area contributed by atoms with Crippen LogP contribution in [0.5, 0.6) is 5.75 Å². The zero-order valence-corrected chi connectivity index (χ0v) is 17.3. The van der Waals surface area contributed by atoms with Gasteiger partial charge in [-0.3, -0.25) is 10.8 Å². The first kappa shape index (κ1) is 23.1. The topological polar surface area (TPSA) is 161 Å². The van der Waals surface area contributed by atoms with E-state index in [4.69, 9.17) is 15.6 Å². The largest absolute Gasteiger partial charge is 0.453 e. The van der Waals surface area contributed by atoms with Crippen molar-refractivity contribution < 1.29 is 24.4 Å². The van der Waals surface area contributed by atoms with Gasteiger partial charge in [0, 0.05) is 43.4 Å². The molecule has 2 heterocycles. The number of nitrogens with one attached hydrogen (secondary N) is 2. The predicted molar refractivity (Wildman–Crippen MR) is 114 cm³/mol. The number of amidine groups is 1. The number of nitrogens with zero attached hydrogens (tertiary/aromatic N) is 4. The summed E-state index contributed by atoms with van der Waals surface area (Å²) < 4.78 is 18.1. The fraction of sp³-hybridized carbons (Fsp3) is 0.333. The Kier molecular flexibility index (Phi) is 6.69. The van der Waals surface area contributed by atoms with E-state index in [-0.39, 0.29) is 17.2 Å². The number of nitriles is 1. The molecule has 0 unspecified atom stereocenters. The first-order valence-corrected chi connectivity index (χ1v) is 9.76. The number of piperidine rings is 1. The molecule has 10 nitrogen and oxygen atoms in total. The number of pyridine rings is 1. The number of hydrogen-bond donors (Lipinski definition) is 5. The van der Waals surface area contributed by atoms with Gasteiger partial charge in [0.1, 0.15) is 23.2 Å². The molecule has 2 aromatic rings. The second-order valence-corrected chi connectivity index (χ2v) is 7.38. The number of ether oxygens (including phenoxy) is 1. The monoisotopic (exact) mass is 442 g/mol. The lowest BCUT2D eigenvalue weighted by atomic mass is 9.92. The summed E-state index contributed by atoms with van der Waals surface area (Å²) in [4.78, 5) is 7.00. The van der Waals surface area contributed by atoms with Gasteiger partial charge in [0.2, 0.25) is 5.95 Å². The number of halogens is 1. The molecule has 1 aromatic carbocycles. The molecule has 0 aliphatic carbocycles. The first-order valence-electron chi connectivity index (χ1n) is 9.76. The fourth-order valence-corrected chi connectivity index (χ4v) is 3.74. The van der Waals surface area contributed by atoms with Crippen molar-refractivity contribution in [3.05, 3.63) is 42.0 Å². The highest BCUT2D eigenvalue weighted by Gasteiger charge is 2.30. The molecule has 5 N–H and O–H groups in total. The van der Waals surface area contributed by atoms with Crippen molar-refractivity contribution in [2.24, 2.45) is 5.92 Å². The van der Waals surface area contributed by atoms with Gasteiger partial charge in [0.15, 0.2) is 0 Å². The summed E-state index contributed by atoms with van der Waals surface area (Å²) in [7, 11) is 1.64. The molecular formula is C21H23FN6O4. The Bertz CT molecular complexity index is 1040. The molecular weight excluding hydrogens is 419 g/mol. The van der Waals surface area contributed by atoms with Crippen LogP contribution in [0.4, 0.5) is 10.1 Å². The van der Waals surface area contributed by atoms with Gasteiger partial charge in [0.05, 0.1) is 12.0 Å². The Morgan fingerprint density at radius 2 is 2.00 bits per heavy atom. The molecule has 11 heteroatoms. The first-order chi connectivity index (χ1) is 15.1. The van der Waals surface area contributed by atoms with Crippen LogP contribution in [0.3, 0.4) is 0 Å². The molecule has 1 aliphatic rings. The Hall–Kier alpha value is -3.59. The van der Waals surface area contributed by atoms with Crippen molar-refractivity contribution in [1.82, 2.24) is 9.88 Å². The van der Waals surface area contributed by atoms with E-state index in [0.29, 0.717) is 48.6 Å². The molecule has 3 rings (SSSR count). The summed E-state index contributed by atoms with van der Waals surface area (Å²) in [6.07, 6.45) is 0.0941. The van der Waals surface area contributed by atoms with Crippen LogP contribution >= 0.6 is 0 Å². The van der Waals surface area contributed by atoms with E-state index in [1.807, 2.05) is 11.0 Å². The fourth-order valence-electron chi connectivity index (χ4n) is 3.74. The minimum atomic E-state index is -3.47. The number of benzene rings is 1. The molecule has 1 aliphatic heterocycles. The number of aliphatic hydroxyl groups is 3. The average Bonchev–Trinajstić information content (AvgIpc) is 2.77. The van der Waals surface area contributed by atoms with Crippen LogP contribution in [0, 0.1) is 34.0 Å². The molecule has 0 saturated carbocycles. The molecule has 32 heavy (non-hydrogen) atoms. The average molecular weight is 442 g/mol. The van der Waals surface area contributed by atoms with Crippen LogP contribution in [0.25, 0.3) is 11.1 Å². The molecule has 0 spiro atoms. The van der Waals surface area contributed by atoms with Crippen molar-refractivity contribution >= 4 is 17.9 Å². The van der Waals surface area contributed by atoms with Gasteiger partial charge in [0.25, 0.3) is 0 Å². The van der Waals surface area contributed by atoms with Gasteiger partial charge in [-0.25, -0.2) is 4.98 Å². The zero-order chi connectivity index (χ0) is 23.5. The SMILES string of the molecule is CN(C=N)C(=N)C1CCN(c2c(-c3ccc(F)nc3)ccc(OC(O)(O)O)c2C#N)CC1. The third kappa shape index (κ3) is 5.00. The second kappa shape index (κ2) is 9.27. The van der Waals surface area contributed by atoms with Crippen molar-refractivity contribution in [1.29, 1.82) is 16.1 Å². The zero-order valence-electron chi connectivity index (χ0n) is 17.3. The van der Waals surface area contributed by atoms with Crippen molar-refractivity contribution in [3.63, 3.8) is 0 Å². The number of rotatable bonds is 6. The van der Waals surface area contributed by atoms with E-state index < -0.39 is 12.1 Å². The third-order valence-electron chi connectivity index (χ3n) is 5.31. The van der Waals surface area contributed by atoms with Gasteiger partial charge in [-0.2, -0.15) is 9.65 Å². The van der Waals surface area contributed by atoms with E-state index in [9.17, 15) is 25.0 Å². The number of anilines is 1. The summed E-state index contributed by atoms with van der Waals surface area (Å²) in [5.41, 5.74) is 1.45. The molecule has 0 radical (unpaired) electrons. The molecule has 0 amide bonds. The van der Waals surface area contributed by atoms with Gasteiger partial charge < -0.3 is 29.9 Å². The lowest BCUT2D eigenvalue weighted by molar-refractivity contribution is -0.419. The quantitative estimate of drug-likeness (QED) is 0.194. The highest BCUT2D eigenvalue weighted by Crippen LogP contribution is 2.40. The summed E-state index contributed by atoms with van der Waals surface area (Å²) in [5, 5.41) is 53.1. The molecule has 1 fully saturated rings. The maximum absolute atomic E-state index is 13.3. The Balaban J connectivity index is 2.03. The molecule has 1 aromatic heterocycles.